The quantitative estimate of drug-likeness (QED) is 0.835. The fourth-order valence-electron chi connectivity index (χ4n) is 2.25. The molecule has 0 heterocycles. The first-order valence-electron chi connectivity index (χ1n) is 6.44. The highest BCUT2D eigenvalue weighted by molar-refractivity contribution is 5.87. The first-order valence-corrected chi connectivity index (χ1v) is 6.44. The Morgan fingerprint density at radius 2 is 1.15 bits per heavy atom. The van der Waals surface area contributed by atoms with Crippen LogP contribution < -0.4 is 9.47 Å². The molecule has 0 aromatic heterocycles. The van der Waals surface area contributed by atoms with Gasteiger partial charge in [-0.15, -0.1) is 0 Å². The van der Waals surface area contributed by atoms with E-state index < -0.39 is 0 Å². The van der Waals surface area contributed by atoms with Crippen LogP contribution in [-0.4, -0.2) is 20.0 Å². The fourth-order valence-corrected chi connectivity index (χ4v) is 2.25. The molecule has 0 bridgehead atoms. The summed E-state index contributed by atoms with van der Waals surface area (Å²) >= 11 is 0. The second-order valence-corrected chi connectivity index (χ2v) is 4.59. The van der Waals surface area contributed by atoms with E-state index in [-0.39, 0.29) is 11.7 Å². The standard InChI is InChI=1S/C17H18O3/c1-12(18)17(13-4-8-15(19-2)9-5-13)14-6-10-16(20-3)11-7-14/h4-11,17H,1-3H3. The number of hydrogen-bond acceptors (Lipinski definition) is 3. The van der Waals surface area contributed by atoms with Crippen molar-refractivity contribution in [3.8, 4) is 11.5 Å². The lowest BCUT2D eigenvalue weighted by molar-refractivity contribution is -0.117. The van der Waals surface area contributed by atoms with Crippen molar-refractivity contribution in [3.05, 3.63) is 59.7 Å². The Morgan fingerprint density at radius 1 is 0.800 bits per heavy atom. The summed E-state index contributed by atoms with van der Waals surface area (Å²) < 4.78 is 10.3. The van der Waals surface area contributed by atoms with Gasteiger partial charge < -0.3 is 9.47 Å². The Bertz CT molecular complexity index is 523. The smallest absolute Gasteiger partial charge is 0.141 e. The number of methoxy groups -OCH3 is 2. The number of ketones is 1. The Hall–Kier alpha value is -2.29. The van der Waals surface area contributed by atoms with Gasteiger partial charge in [0.05, 0.1) is 20.1 Å². The van der Waals surface area contributed by atoms with E-state index in [1.807, 2.05) is 48.5 Å². The molecule has 2 rings (SSSR count). The van der Waals surface area contributed by atoms with E-state index >= 15 is 0 Å². The largest absolute Gasteiger partial charge is 0.497 e. The van der Waals surface area contributed by atoms with Gasteiger partial charge in [-0.2, -0.15) is 0 Å². The van der Waals surface area contributed by atoms with Crippen LogP contribution in [0.2, 0.25) is 0 Å². The summed E-state index contributed by atoms with van der Waals surface area (Å²) in [6, 6.07) is 15.2. The molecule has 0 N–H and O–H groups in total. The Balaban J connectivity index is 2.36. The van der Waals surface area contributed by atoms with Crippen LogP contribution in [-0.2, 0) is 4.79 Å². The van der Waals surface area contributed by atoms with Crippen molar-refractivity contribution in [2.45, 2.75) is 12.8 Å². The number of hydrogen-bond donors (Lipinski definition) is 0. The van der Waals surface area contributed by atoms with E-state index in [0.717, 1.165) is 22.6 Å². The zero-order chi connectivity index (χ0) is 14.5. The van der Waals surface area contributed by atoms with Crippen LogP contribution in [0.5, 0.6) is 11.5 Å². The van der Waals surface area contributed by atoms with Crippen molar-refractivity contribution in [3.63, 3.8) is 0 Å². The van der Waals surface area contributed by atoms with Gasteiger partial charge in [0.2, 0.25) is 0 Å². The summed E-state index contributed by atoms with van der Waals surface area (Å²) in [6.45, 7) is 1.61. The van der Waals surface area contributed by atoms with Crippen LogP contribution in [0, 0.1) is 0 Å². The maximum absolute atomic E-state index is 12.0. The predicted molar refractivity (Wildman–Crippen MR) is 78.5 cm³/mol. The molecule has 0 saturated carbocycles. The molecule has 0 aliphatic heterocycles. The molecular weight excluding hydrogens is 252 g/mol. The number of carbonyl (C=O) groups excluding carboxylic acids is 1. The highest BCUT2D eigenvalue weighted by Gasteiger charge is 2.19. The number of rotatable bonds is 5. The van der Waals surface area contributed by atoms with Crippen molar-refractivity contribution in [1.29, 1.82) is 0 Å². The Kier molecular flexibility index (Phi) is 4.41. The normalized spacial score (nSPS) is 10.4. The highest BCUT2D eigenvalue weighted by Crippen LogP contribution is 2.28. The summed E-state index contributed by atoms with van der Waals surface area (Å²) in [5.41, 5.74) is 1.92. The Morgan fingerprint density at radius 3 is 1.40 bits per heavy atom. The van der Waals surface area contributed by atoms with Gasteiger partial charge in [-0.25, -0.2) is 0 Å². The molecule has 0 atom stereocenters. The average Bonchev–Trinajstić information content (AvgIpc) is 2.48. The maximum Gasteiger partial charge on any atom is 0.141 e. The van der Waals surface area contributed by atoms with Crippen LogP contribution in [0.3, 0.4) is 0 Å². The SMILES string of the molecule is COc1ccc(C(C(C)=O)c2ccc(OC)cc2)cc1. The van der Waals surface area contributed by atoms with Gasteiger partial charge in [-0.1, -0.05) is 24.3 Å². The molecule has 104 valence electrons. The molecule has 3 heteroatoms. The first kappa shape index (κ1) is 14.1. The molecule has 20 heavy (non-hydrogen) atoms. The number of carbonyl (C=O) groups is 1. The molecule has 2 aromatic carbocycles. The topological polar surface area (TPSA) is 35.5 Å². The Labute approximate surface area is 119 Å². The van der Waals surface area contributed by atoms with Crippen LogP contribution >= 0.6 is 0 Å². The summed E-state index contributed by atoms with van der Waals surface area (Å²) in [5.74, 6) is 1.42. The summed E-state index contributed by atoms with van der Waals surface area (Å²) in [7, 11) is 3.25. The van der Waals surface area contributed by atoms with Crippen LogP contribution in [0.1, 0.15) is 24.0 Å². The van der Waals surface area contributed by atoms with E-state index in [1.165, 1.54) is 0 Å². The van der Waals surface area contributed by atoms with Gasteiger partial charge in [-0.3, -0.25) is 4.79 Å². The minimum Gasteiger partial charge on any atom is -0.497 e. The third kappa shape index (κ3) is 2.99. The zero-order valence-electron chi connectivity index (χ0n) is 11.9. The summed E-state index contributed by atoms with van der Waals surface area (Å²) in [5, 5.41) is 0. The van der Waals surface area contributed by atoms with Crippen molar-refractivity contribution in [2.75, 3.05) is 14.2 Å². The molecule has 0 aliphatic rings. The monoisotopic (exact) mass is 270 g/mol. The number of benzene rings is 2. The minimum absolute atomic E-state index is 0.111. The maximum atomic E-state index is 12.0. The second-order valence-electron chi connectivity index (χ2n) is 4.59. The van der Waals surface area contributed by atoms with E-state index in [4.69, 9.17) is 9.47 Å². The second kappa shape index (κ2) is 6.24. The summed E-state index contributed by atoms with van der Waals surface area (Å²) in [4.78, 5) is 12.0. The van der Waals surface area contributed by atoms with Crippen molar-refractivity contribution in [2.24, 2.45) is 0 Å². The first-order chi connectivity index (χ1) is 9.65. The van der Waals surface area contributed by atoms with Gasteiger partial charge in [0.1, 0.15) is 17.3 Å². The molecule has 0 spiro atoms. The lowest BCUT2D eigenvalue weighted by atomic mass is 9.88. The lowest BCUT2D eigenvalue weighted by Gasteiger charge is -2.15. The van der Waals surface area contributed by atoms with Gasteiger partial charge in [0, 0.05) is 0 Å². The zero-order valence-corrected chi connectivity index (χ0v) is 11.9. The van der Waals surface area contributed by atoms with Gasteiger partial charge in [0.25, 0.3) is 0 Å². The average molecular weight is 270 g/mol. The van der Waals surface area contributed by atoms with Crippen LogP contribution in [0.4, 0.5) is 0 Å². The fraction of sp³-hybridized carbons (Fsp3) is 0.235. The molecule has 0 amide bonds. The molecule has 3 nitrogen and oxygen atoms in total. The lowest BCUT2D eigenvalue weighted by Crippen LogP contribution is -2.10. The molecule has 0 saturated heterocycles. The van der Waals surface area contributed by atoms with Gasteiger partial charge >= 0.3 is 0 Å². The van der Waals surface area contributed by atoms with Gasteiger partial charge in [-0.05, 0) is 42.3 Å². The molecule has 2 aromatic rings. The predicted octanol–water partition coefficient (Wildman–Crippen LogP) is 3.42. The van der Waals surface area contributed by atoms with Crippen LogP contribution in [0.25, 0.3) is 0 Å². The van der Waals surface area contributed by atoms with Crippen molar-refractivity contribution in [1.82, 2.24) is 0 Å². The van der Waals surface area contributed by atoms with Gasteiger partial charge in [0.15, 0.2) is 0 Å². The van der Waals surface area contributed by atoms with Crippen molar-refractivity contribution >= 4 is 5.78 Å². The van der Waals surface area contributed by atoms with E-state index in [2.05, 4.69) is 0 Å². The molecular formula is C17H18O3. The summed E-state index contributed by atoms with van der Waals surface area (Å²) in [6.07, 6.45) is 0. The third-order valence-electron chi connectivity index (χ3n) is 3.30. The minimum atomic E-state index is -0.258. The van der Waals surface area contributed by atoms with Crippen LogP contribution in [0.15, 0.2) is 48.5 Å². The van der Waals surface area contributed by atoms with E-state index in [9.17, 15) is 4.79 Å². The number of Topliss-reactive ketones (excluding diaryl/α,β-unsaturated/α-hetero) is 1. The molecule has 0 aliphatic carbocycles. The van der Waals surface area contributed by atoms with E-state index in [0.29, 0.717) is 0 Å². The number of ether oxygens (including phenoxy) is 2. The third-order valence-corrected chi connectivity index (χ3v) is 3.30. The van der Waals surface area contributed by atoms with Crippen molar-refractivity contribution < 1.29 is 14.3 Å². The van der Waals surface area contributed by atoms with E-state index in [1.54, 1.807) is 21.1 Å². The highest BCUT2D eigenvalue weighted by atomic mass is 16.5. The molecule has 0 unspecified atom stereocenters. The molecule has 0 fully saturated rings. The molecule has 0 radical (unpaired) electrons.